The lowest BCUT2D eigenvalue weighted by Gasteiger charge is -2.28. The van der Waals surface area contributed by atoms with Crippen molar-refractivity contribution in [3.05, 3.63) is 12.7 Å². The fourth-order valence-corrected chi connectivity index (χ4v) is 8.01. The number of carbonyl (C=O) groups is 1. The first kappa shape index (κ1) is 32.6. The second-order valence-corrected chi connectivity index (χ2v) is 15.1. The van der Waals surface area contributed by atoms with E-state index in [2.05, 4.69) is 34.0 Å². The van der Waals surface area contributed by atoms with Crippen LogP contribution in [-0.4, -0.2) is 30.8 Å². The van der Waals surface area contributed by atoms with Gasteiger partial charge in [-0.15, -0.1) is 0 Å². The molecule has 196 valence electrons. The minimum atomic E-state index is -1.23. The van der Waals surface area contributed by atoms with E-state index in [4.69, 9.17) is 4.74 Å². The second-order valence-electron chi connectivity index (χ2n) is 10.5. The van der Waals surface area contributed by atoms with Crippen LogP contribution in [0.1, 0.15) is 149 Å². The first-order valence-corrected chi connectivity index (χ1v) is 17.3. The number of ether oxygens (including phenoxy) is 1. The maximum Gasteiger partial charge on any atom is 0.333 e. The molecule has 0 bridgehead atoms. The summed E-state index contributed by atoms with van der Waals surface area (Å²) in [6.45, 7) is 12.6. The van der Waals surface area contributed by atoms with Gasteiger partial charge in [0.15, 0.2) is 0 Å². The molecular formula is C30H60O2P+. The average molecular weight is 484 g/mol. The summed E-state index contributed by atoms with van der Waals surface area (Å²) in [6, 6.07) is 0. The SMILES string of the molecule is C=CC(=O)OC(C)[P+](C)(CCCC)CCCCCCCCCCCCCCCCCCCC. The molecule has 2 atom stereocenters. The molecule has 0 aliphatic carbocycles. The number of rotatable bonds is 25. The Morgan fingerprint density at radius 3 is 1.36 bits per heavy atom. The highest BCUT2D eigenvalue weighted by molar-refractivity contribution is 7.75. The van der Waals surface area contributed by atoms with Gasteiger partial charge in [0.05, 0.1) is 26.3 Å². The highest BCUT2D eigenvalue weighted by Crippen LogP contribution is 2.61. The normalized spacial score (nSPS) is 14.1. The highest BCUT2D eigenvalue weighted by atomic mass is 31.2. The minimum absolute atomic E-state index is 0.0698. The molecule has 0 aromatic carbocycles. The van der Waals surface area contributed by atoms with Crippen molar-refractivity contribution in [1.29, 1.82) is 0 Å². The topological polar surface area (TPSA) is 26.3 Å². The van der Waals surface area contributed by atoms with E-state index in [-0.39, 0.29) is 11.8 Å². The Morgan fingerprint density at radius 2 is 1.00 bits per heavy atom. The molecule has 2 nitrogen and oxygen atoms in total. The molecule has 0 radical (unpaired) electrons. The minimum Gasteiger partial charge on any atom is -0.425 e. The van der Waals surface area contributed by atoms with Gasteiger partial charge in [-0.3, -0.25) is 0 Å². The zero-order chi connectivity index (χ0) is 24.6. The van der Waals surface area contributed by atoms with Crippen LogP contribution in [0.4, 0.5) is 0 Å². The summed E-state index contributed by atoms with van der Waals surface area (Å²) < 4.78 is 5.64. The van der Waals surface area contributed by atoms with E-state index in [1.165, 1.54) is 147 Å². The van der Waals surface area contributed by atoms with Crippen molar-refractivity contribution in [2.75, 3.05) is 19.0 Å². The van der Waals surface area contributed by atoms with Crippen molar-refractivity contribution < 1.29 is 9.53 Å². The van der Waals surface area contributed by atoms with Gasteiger partial charge >= 0.3 is 5.97 Å². The van der Waals surface area contributed by atoms with Gasteiger partial charge in [-0.2, -0.15) is 0 Å². The Labute approximate surface area is 209 Å². The third kappa shape index (κ3) is 19.6. The molecule has 0 amide bonds. The van der Waals surface area contributed by atoms with Gasteiger partial charge in [0, 0.05) is 13.0 Å². The Kier molecular flexibility index (Phi) is 23.1. The van der Waals surface area contributed by atoms with Gasteiger partial charge < -0.3 is 4.74 Å². The highest BCUT2D eigenvalue weighted by Gasteiger charge is 2.39. The monoisotopic (exact) mass is 483 g/mol. The van der Waals surface area contributed by atoms with Crippen LogP contribution in [0.5, 0.6) is 0 Å². The first-order valence-electron chi connectivity index (χ1n) is 14.7. The molecule has 0 aromatic rings. The molecule has 0 saturated heterocycles. The van der Waals surface area contributed by atoms with E-state index in [1.54, 1.807) is 0 Å². The van der Waals surface area contributed by atoms with Crippen molar-refractivity contribution in [3.63, 3.8) is 0 Å². The molecule has 0 heterocycles. The Balaban J connectivity index is 3.63. The van der Waals surface area contributed by atoms with Gasteiger partial charge in [0.2, 0.25) is 5.85 Å². The Hall–Kier alpha value is -0.360. The van der Waals surface area contributed by atoms with Crippen molar-refractivity contribution in [2.24, 2.45) is 0 Å². The van der Waals surface area contributed by atoms with Crippen LogP contribution in [0.25, 0.3) is 0 Å². The quantitative estimate of drug-likeness (QED) is 0.0558. The van der Waals surface area contributed by atoms with Crippen LogP contribution in [-0.2, 0) is 9.53 Å². The summed E-state index contributed by atoms with van der Waals surface area (Å²) >= 11 is 0. The molecule has 0 aliphatic rings. The average Bonchev–Trinajstić information content (AvgIpc) is 2.81. The zero-order valence-electron chi connectivity index (χ0n) is 23.2. The molecule has 0 fully saturated rings. The first-order chi connectivity index (χ1) is 16.0. The van der Waals surface area contributed by atoms with Gasteiger partial charge in [0.25, 0.3) is 0 Å². The second kappa shape index (κ2) is 23.4. The summed E-state index contributed by atoms with van der Waals surface area (Å²) in [5.41, 5.74) is 0. The lowest BCUT2D eigenvalue weighted by molar-refractivity contribution is -0.138. The fourth-order valence-electron chi connectivity index (χ4n) is 4.71. The Morgan fingerprint density at radius 1 is 0.667 bits per heavy atom. The molecule has 0 aromatic heterocycles. The summed E-state index contributed by atoms with van der Waals surface area (Å²) in [5, 5.41) is 0. The third-order valence-corrected chi connectivity index (χ3v) is 11.9. The lowest BCUT2D eigenvalue weighted by atomic mass is 10.0. The van der Waals surface area contributed by atoms with Gasteiger partial charge in [0.1, 0.15) is 0 Å². The van der Waals surface area contributed by atoms with E-state index in [9.17, 15) is 4.79 Å². The van der Waals surface area contributed by atoms with Gasteiger partial charge in [-0.1, -0.05) is 130 Å². The molecule has 0 spiro atoms. The molecule has 0 saturated carbocycles. The lowest BCUT2D eigenvalue weighted by Crippen LogP contribution is -2.21. The maximum absolute atomic E-state index is 11.7. The molecule has 0 N–H and O–H groups in total. The molecular weight excluding hydrogens is 423 g/mol. The van der Waals surface area contributed by atoms with E-state index >= 15 is 0 Å². The maximum atomic E-state index is 11.7. The molecule has 3 heteroatoms. The van der Waals surface area contributed by atoms with Crippen LogP contribution >= 0.6 is 7.26 Å². The number of unbranched alkanes of at least 4 members (excludes halogenated alkanes) is 18. The van der Waals surface area contributed by atoms with E-state index in [1.807, 2.05) is 0 Å². The summed E-state index contributed by atoms with van der Waals surface area (Å²) in [4.78, 5) is 11.7. The molecule has 2 unspecified atom stereocenters. The zero-order valence-corrected chi connectivity index (χ0v) is 24.1. The van der Waals surface area contributed by atoms with Crippen molar-refractivity contribution in [3.8, 4) is 0 Å². The van der Waals surface area contributed by atoms with Crippen LogP contribution in [0.2, 0.25) is 0 Å². The predicted molar refractivity (Wildman–Crippen MR) is 152 cm³/mol. The van der Waals surface area contributed by atoms with Crippen LogP contribution in [0.3, 0.4) is 0 Å². The van der Waals surface area contributed by atoms with E-state index < -0.39 is 7.26 Å². The molecule has 33 heavy (non-hydrogen) atoms. The number of hydrogen-bond acceptors (Lipinski definition) is 2. The van der Waals surface area contributed by atoms with E-state index in [0.717, 1.165) is 0 Å². The molecule has 0 rings (SSSR count). The summed E-state index contributed by atoms with van der Waals surface area (Å²) in [5.74, 6) is -0.191. The predicted octanol–water partition coefficient (Wildman–Crippen LogP) is 10.6. The summed E-state index contributed by atoms with van der Waals surface area (Å²) in [7, 11) is -1.23. The smallest absolute Gasteiger partial charge is 0.333 e. The number of hydrogen-bond donors (Lipinski definition) is 0. The van der Waals surface area contributed by atoms with Crippen molar-refractivity contribution in [2.45, 2.75) is 155 Å². The summed E-state index contributed by atoms with van der Waals surface area (Å²) in [6.07, 6.45) is 31.8. The fraction of sp³-hybridized carbons (Fsp3) is 0.900. The van der Waals surface area contributed by atoms with Crippen LogP contribution in [0.15, 0.2) is 12.7 Å². The van der Waals surface area contributed by atoms with E-state index in [0.29, 0.717) is 0 Å². The van der Waals surface area contributed by atoms with Crippen LogP contribution in [0, 0.1) is 0 Å². The third-order valence-electron chi connectivity index (χ3n) is 7.38. The standard InChI is InChI=1S/C30H60O2P/c1-6-9-11-12-13-14-15-16-17-18-19-20-21-22-23-24-25-26-28-33(5,27-10-7-2)29(4)32-30(31)8-3/h8,29H,3,6-7,9-28H2,1-2,4-5H3/q+1. The van der Waals surface area contributed by atoms with Gasteiger partial charge in [-0.25, -0.2) is 4.79 Å². The van der Waals surface area contributed by atoms with Crippen LogP contribution < -0.4 is 0 Å². The van der Waals surface area contributed by atoms with Crippen molar-refractivity contribution >= 4 is 13.2 Å². The van der Waals surface area contributed by atoms with Gasteiger partial charge in [-0.05, 0) is 19.3 Å². The Bertz CT molecular complexity index is 451. The van der Waals surface area contributed by atoms with Crippen molar-refractivity contribution in [1.82, 2.24) is 0 Å². The largest absolute Gasteiger partial charge is 0.425 e. The number of esters is 1. The molecule has 0 aliphatic heterocycles. The number of carbonyl (C=O) groups excluding carboxylic acids is 1.